The van der Waals surface area contributed by atoms with Crippen LogP contribution in [0.1, 0.15) is 16.1 Å². The van der Waals surface area contributed by atoms with Crippen molar-refractivity contribution in [1.82, 2.24) is 4.98 Å². The van der Waals surface area contributed by atoms with Gasteiger partial charge in [-0.1, -0.05) is 12.1 Å². The molecule has 0 saturated heterocycles. The smallest absolute Gasteiger partial charge is 0.183 e. The van der Waals surface area contributed by atoms with Crippen LogP contribution in [0.15, 0.2) is 42.6 Å². The van der Waals surface area contributed by atoms with Crippen LogP contribution in [0.2, 0.25) is 0 Å². The van der Waals surface area contributed by atoms with Gasteiger partial charge in [0.05, 0.1) is 12.8 Å². The van der Waals surface area contributed by atoms with Gasteiger partial charge in [0.25, 0.3) is 0 Å². The Morgan fingerprint density at radius 1 is 1.25 bits per heavy atom. The minimum absolute atomic E-state index is 0.0927. The molecule has 0 saturated carbocycles. The summed E-state index contributed by atoms with van der Waals surface area (Å²) in [5, 5.41) is 0. The second kappa shape index (κ2) is 4.66. The first-order chi connectivity index (χ1) is 7.79. The van der Waals surface area contributed by atoms with E-state index in [1.807, 2.05) is 30.3 Å². The Morgan fingerprint density at radius 2 is 2.00 bits per heavy atom. The van der Waals surface area contributed by atoms with Crippen LogP contribution in [-0.4, -0.2) is 17.9 Å². The van der Waals surface area contributed by atoms with Crippen molar-refractivity contribution in [3.05, 3.63) is 53.9 Å². The van der Waals surface area contributed by atoms with Crippen molar-refractivity contribution < 1.29 is 9.53 Å². The van der Waals surface area contributed by atoms with Gasteiger partial charge < -0.3 is 9.72 Å². The summed E-state index contributed by atoms with van der Waals surface area (Å²) in [5.74, 6) is 0.895. The number of H-pyrrole nitrogens is 1. The summed E-state index contributed by atoms with van der Waals surface area (Å²) in [6.07, 6.45) is 2.16. The third-order valence-corrected chi connectivity index (χ3v) is 2.42. The van der Waals surface area contributed by atoms with Gasteiger partial charge in [0.1, 0.15) is 5.75 Å². The molecule has 0 aliphatic rings. The van der Waals surface area contributed by atoms with Gasteiger partial charge in [-0.2, -0.15) is 0 Å². The largest absolute Gasteiger partial charge is 0.497 e. The molecule has 0 atom stereocenters. The molecule has 3 nitrogen and oxygen atoms in total. The normalized spacial score (nSPS) is 10.1. The van der Waals surface area contributed by atoms with Gasteiger partial charge in [-0.05, 0) is 29.8 Å². The number of nitrogens with one attached hydrogen (secondary N) is 1. The number of hydrogen-bond donors (Lipinski definition) is 1. The SMILES string of the molecule is COc1ccc(CC(=O)c2ccc[nH]2)cc1. The number of rotatable bonds is 4. The number of carbonyl (C=O) groups is 1. The fourth-order valence-electron chi connectivity index (χ4n) is 1.53. The van der Waals surface area contributed by atoms with Crippen molar-refractivity contribution in [2.45, 2.75) is 6.42 Å². The first-order valence-electron chi connectivity index (χ1n) is 5.09. The van der Waals surface area contributed by atoms with Gasteiger partial charge in [0, 0.05) is 12.6 Å². The zero-order valence-corrected chi connectivity index (χ0v) is 9.07. The maximum atomic E-state index is 11.8. The molecule has 0 aliphatic carbocycles. The number of carbonyl (C=O) groups excluding carboxylic acids is 1. The van der Waals surface area contributed by atoms with Crippen molar-refractivity contribution in [2.75, 3.05) is 7.11 Å². The second-order valence-corrected chi connectivity index (χ2v) is 3.53. The molecular weight excluding hydrogens is 202 g/mol. The van der Waals surface area contributed by atoms with Crippen molar-refractivity contribution in [3.8, 4) is 5.75 Å². The molecule has 0 radical (unpaired) electrons. The molecule has 1 aromatic heterocycles. The standard InChI is InChI=1S/C13H13NO2/c1-16-11-6-4-10(5-7-11)9-13(15)12-3-2-8-14-12/h2-8,14H,9H2,1H3. The summed E-state index contributed by atoms with van der Waals surface area (Å²) in [6.45, 7) is 0. The maximum absolute atomic E-state index is 11.8. The van der Waals surface area contributed by atoms with Crippen molar-refractivity contribution in [3.63, 3.8) is 0 Å². The van der Waals surface area contributed by atoms with Crippen LogP contribution in [0, 0.1) is 0 Å². The van der Waals surface area contributed by atoms with Gasteiger partial charge in [-0.3, -0.25) is 4.79 Å². The first kappa shape index (κ1) is 10.5. The van der Waals surface area contributed by atoms with Gasteiger partial charge in [0.2, 0.25) is 0 Å². The number of ketones is 1. The number of methoxy groups -OCH3 is 1. The monoisotopic (exact) mass is 215 g/mol. The molecule has 0 amide bonds. The number of benzene rings is 1. The summed E-state index contributed by atoms with van der Waals surface area (Å²) in [7, 11) is 1.62. The molecule has 1 aromatic carbocycles. The zero-order chi connectivity index (χ0) is 11.4. The fourth-order valence-corrected chi connectivity index (χ4v) is 1.53. The lowest BCUT2D eigenvalue weighted by molar-refractivity contribution is 0.0989. The second-order valence-electron chi connectivity index (χ2n) is 3.53. The molecule has 82 valence electrons. The molecule has 16 heavy (non-hydrogen) atoms. The predicted molar refractivity (Wildman–Crippen MR) is 61.8 cm³/mol. The Bertz CT molecular complexity index is 457. The summed E-state index contributed by atoms with van der Waals surface area (Å²) in [6, 6.07) is 11.1. The van der Waals surface area contributed by atoms with Crippen LogP contribution < -0.4 is 4.74 Å². The van der Waals surface area contributed by atoms with Crippen LogP contribution >= 0.6 is 0 Å². The Balaban J connectivity index is 2.06. The van der Waals surface area contributed by atoms with Crippen LogP contribution in [0.25, 0.3) is 0 Å². The van der Waals surface area contributed by atoms with Gasteiger partial charge >= 0.3 is 0 Å². The van der Waals surface area contributed by atoms with E-state index < -0.39 is 0 Å². The van der Waals surface area contributed by atoms with E-state index in [-0.39, 0.29) is 5.78 Å². The predicted octanol–water partition coefficient (Wildman–Crippen LogP) is 2.45. The summed E-state index contributed by atoms with van der Waals surface area (Å²) < 4.78 is 5.06. The highest BCUT2D eigenvalue weighted by molar-refractivity contribution is 5.95. The average Bonchev–Trinajstić information content (AvgIpc) is 2.83. The number of hydrogen-bond acceptors (Lipinski definition) is 2. The summed E-state index contributed by atoms with van der Waals surface area (Å²) in [5.41, 5.74) is 1.64. The van der Waals surface area contributed by atoms with E-state index >= 15 is 0 Å². The molecule has 0 spiro atoms. The number of Topliss-reactive ketones (excluding diaryl/α,β-unsaturated/α-hetero) is 1. The quantitative estimate of drug-likeness (QED) is 0.796. The van der Waals surface area contributed by atoms with Crippen molar-refractivity contribution in [1.29, 1.82) is 0 Å². The lowest BCUT2D eigenvalue weighted by Crippen LogP contribution is -2.03. The minimum Gasteiger partial charge on any atom is -0.497 e. The fraction of sp³-hybridized carbons (Fsp3) is 0.154. The highest BCUT2D eigenvalue weighted by Crippen LogP contribution is 2.13. The Hall–Kier alpha value is -2.03. The molecule has 0 aliphatic heterocycles. The Morgan fingerprint density at radius 3 is 2.56 bits per heavy atom. The molecular formula is C13H13NO2. The van der Waals surface area contributed by atoms with Crippen molar-refractivity contribution >= 4 is 5.78 Å². The molecule has 0 fully saturated rings. The third kappa shape index (κ3) is 2.31. The van der Waals surface area contributed by atoms with E-state index in [1.54, 1.807) is 19.4 Å². The van der Waals surface area contributed by atoms with E-state index in [1.165, 1.54) is 0 Å². The van der Waals surface area contributed by atoms with E-state index in [0.717, 1.165) is 11.3 Å². The van der Waals surface area contributed by atoms with E-state index in [9.17, 15) is 4.79 Å². The zero-order valence-electron chi connectivity index (χ0n) is 9.07. The summed E-state index contributed by atoms with van der Waals surface area (Å²) >= 11 is 0. The highest BCUT2D eigenvalue weighted by atomic mass is 16.5. The maximum Gasteiger partial charge on any atom is 0.183 e. The Kier molecular flexibility index (Phi) is 3.05. The Labute approximate surface area is 94.1 Å². The third-order valence-electron chi connectivity index (χ3n) is 2.42. The van der Waals surface area contributed by atoms with Gasteiger partial charge in [-0.15, -0.1) is 0 Å². The van der Waals surface area contributed by atoms with Gasteiger partial charge in [-0.25, -0.2) is 0 Å². The first-order valence-corrected chi connectivity index (χ1v) is 5.09. The number of aromatic nitrogens is 1. The lowest BCUT2D eigenvalue weighted by atomic mass is 10.1. The van der Waals surface area contributed by atoms with Gasteiger partial charge in [0.15, 0.2) is 5.78 Å². The van der Waals surface area contributed by atoms with Crippen LogP contribution in [0.3, 0.4) is 0 Å². The molecule has 2 rings (SSSR count). The van der Waals surface area contributed by atoms with Crippen molar-refractivity contribution in [2.24, 2.45) is 0 Å². The number of ether oxygens (including phenoxy) is 1. The van der Waals surface area contributed by atoms with Crippen LogP contribution in [0.4, 0.5) is 0 Å². The minimum atomic E-state index is 0.0927. The van der Waals surface area contributed by atoms with E-state index in [4.69, 9.17) is 4.74 Å². The molecule has 0 unspecified atom stereocenters. The molecule has 1 heterocycles. The van der Waals surface area contributed by atoms with Crippen LogP contribution in [-0.2, 0) is 6.42 Å². The number of aromatic amines is 1. The highest BCUT2D eigenvalue weighted by Gasteiger charge is 2.07. The summed E-state index contributed by atoms with van der Waals surface area (Å²) in [4.78, 5) is 14.7. The molecule has 1 N–H and O–H groups in total. The molecule has 0 bridgehead atoms. The molecule has 2 aromatic rings. The van der Waals surface area contributed by atoms with Crippen LogP contribution in [0.5, 0.6) is 5.75 Å². The lowest BCUT2D eigenvalue weighted by Gasteiger charge is -2.02. The van der Waals surface area contributed by atoms with E-state index in [2.05, 4.69) is 4.98 Å². The molecule has 3 heteroatoms. The topological polar surface area (TPSA) is 42.1 Å². The average molecular weight is 215 g/mol. The van der Waals surface area contributed by atoms with E-state index in [0.29, 0.717) is 12.1 Å².